The third kappa shape index (κ3) is 1.25. The van der Waals surface area contributed by atoms with Crippen LogP contribution >= 0.6 is 0 Å². The van der Waals surface area contributed by atoms with E-state index in [1.807, 2.05) is 26.0 Å². The Morgan fingerprint density at radius 2 is 0.833 bits per heavy atom. The third-order valence-corrected chi connectivity index (χ3v) is 3.95. The van der Waals surface area contributed by atoms with Crippen LogP contribution in [0.3, 0.4) is 0 Å². The summed E-state index contributed by atoms with van der Waals surface area (Å²) in [4.78, 5) is 12.6. The molecule has 18 heavy (non-hydrogen) atoms. The molecule has 0 fully saturated rings. The lowest BCUT2D eigenvalue weighted by atomic mass is 9.94. The quantitative estimate of drug-likeness (QED) is 0.573. The molecule has 90 valence electrons. The number of carbonyl (C=O) groups excluding carboxylic acids is 1. The van der Waals surface area contributed by atoms with Gasteiger partial charge in [0.05, 0.1) is 0 Å². The van der Waals surface area contributed by atoms with Gasteiger partial charge in [0.25, 0.3) is 0 Å². The van der Waals surface area contributed by atoms with E-state index < -0.39 is 0 Å². The fourth-order valence-corrected chi connectivity index (χ4v) is 2.98. The van der Waals surface area contributed by atoms with E-state index in [1.165, 1.54) is 11.1 Å². The molecule has 0 amide bonds. The minimum atomic E-state index is 0.197. The van der Waals surface area contributed by atoms with Crippen molar-refractivity contribution >= 4 is 5.78 Å². The Bertz CT molecular complexity index is 634. The van der Waals surface area contributed by atoms with Crippen LogP contribution in [0.1, 0.15) is 38.2 Å². The van der Waals surface area contributed by atoms with E-state index in [4.69, 9.17) is 0 Å². The van der Waals surface area contributed by atoms with Crippen molar-refractivity contribution in [3.63, 3.8) is 0 Å². The van der Waals surface area contributed by atoms with Crippen LogP contribution in [-0.4, -0.2) is 5.78 Å². The third-order valence-electron chi connectivity index (χ3n) is 3.95. The first-order valence-electron chi connectivity index (χ1n) is 6.28. The average molecular weight is 236 g/mol. The fraction of sp³-hybridized carbons (Fsp3) is 0.235. The Morgan fingerprint density at radius 1 is 0.556 bits per heavy atom. The van der Waals surface area contributed by atoms with Crippen molar-refractivity contribution < 1.29 is 4.79 Å². The second-order valence-electron chi connectivity index (χ2n) is 5.23. The summed E-state index contributed by atoms with van der Waals surface area (Å²) in [6.45, 7) is 8.21. The largest absolute Gasteiger partial charge is 0.289 e. The lowest BCUT2D eigenvalue weighted by Crippen LogP contribution is -2.00. The summed E-state index contributed by atoms with van der Waals surface area (Å²) in [7, 11) is 0. The first-order chi connectivity index (χ1) is 8.52. The summed E-state index contributed by atoms with van der Waals surface area (Å²) in [5, 5.41) is 0. The van der Waals surface area contributed by atoms with Gasteiger partial charge in [-0.15, -0.1) is 0 Å². The van der Waals surface area contributed by atoms with Gasteiger partial charge in [-0.1, -0.05) is 24.3 Å². The van der Waals surface area contributed by atoms with Crippen molar-refractivity contribution in [2.24, 2.45) is 0 Å². The van der Waals surface area contributed by atoms with Crippen LogP contribution in [0.25, 0.3) is 11.1 Å². The molecule has 0 saturated carbocycles. The molecule has 2 aromatic rings. The lowest BCUT2D eigenvalue weighted by molar-refractivity contribution is 0.104. The van der Waals surface area contributed by atoms with Crippen LogP contribution in [0.15, 0.2) is 24.3 Å². The zero-order chi connectivity index (χ0) is 13.0. The molecule has 0 N–H and O–H groups in total. The van der Waals surface area contributed by atoms with Gasteiger partial charge in [0.2, 0.25) is 0 Å². The smallest absolute Gasteiger partial charge is 0.194 e. The average Bonchev–Trinajstić information content (AvgIpc) is 2.65. The highest BCUT2D eigenvalue weighted by Gasteiger charge is 2.31. The molecule has 0 bridgehead atoms. The maximum Gasteiger partial charge on any atom is 0.194 e. The molecule has 0 atom stereocenters. The molecular formula is C17H16O. The molecular weight excluding hydrogens is 220 g/mol. The second kappa shape index (κ2) is 3.55. The molecule has 1 heteroatoms. The van der Waals surface area contributed by atoms with Crippen molar-refractivity contribution in [2.45, 2.75) is 27.7 Å². The van der Waals surface area contributed by atoms with Crippen molar-refractivity contribution in [2.75, 3.05) is 0 Å². The number of ketones is 1. The summed E-state index contributed by atoms with van der Waals surface area (Å²) < 4.78 is 0. The molecule has 0 aliphatic heterocycles. The molecule has 1 nitrogen and oxygen atoms in total. The van der Waals surface area contributed by atoms with E-state index in [-0.39, 0.29) is 5.78 Å². The van der Waals surface area contributed by atoms with Gasteiger partial charge in [0, 0.05) is 11.1 Å². The zero-order valence-electron chi connectivity index (χ0n) is 11.2. The highest BCUT2D eigenvalue weighted by Crippen LogP contribution is 2.43. The van der Waals surface area contributed by atoms with Gasteiger partial charge >= 0.3 is 0 Å². The highest BCUT2D eigenvalue weighted by molar-refractivity contribution is 6.24. The van der Waals surface area contributed by atoms with Crippen molar-refractivity contribution in [1.29, 1.82) is 0 Å². The van der Waals surface area contributed by atoms with Crippen LogP contribution < -0.4 is 0 Å². The SMILES string of the molecule is Cc1ccc(C)c2c1C(=O)c1c(C)ccc(C)c1-2. The molecule has 0 spiro atoms. The van der Waals surface area contributed by atoms with Gasteiger partial charge in [-0.05, 0) is 61.1 Å². The monoisotopic (exact) mass is 236 g/mol. The lowest BCUT2D eigenvalue weighted by Gasteiger charge is -2.09. The van der Waals surface area contributed by atoms with Crippen molar-refractivity contribution in [1.82, 2.24) is 0 Å². The predicted octanol–water partition coefficient (Wildman–Crippen LogP) is 4.13. The number of hydrogen-bond donors (Lipinski definition) is 0. The Balaban J connectivity index is 2.52. The predicted molar refractivity (Wildman–Crippen MR) is 74.3 cm³/mol. The fourth-order valence-electron chi connectivity index (χ4n) is 2.98. The Kier molecular flexibility index (Phi) is 2.21. The van der Waals surface area contributed by atoms with Crippen LogP contribution in [0.5, 0.6) is 0 Å². The van der Waals surface area contributed by atoms with E-state index in [1.54, 1.807) is 0 Å². The molecule has 1 aliphatic rings. The summed E-state index contributed by atoms with van der Waals surface area (Å²) in [6, 6.07) is 8.31. The molecule has 0 heterocycles. The van der Waals surface area contributed by atoms with Gasteiger partial charge < -0.3 is 0 Å². The van der Waals surface area contributed by atoms with Crippen LogP contribution in [-0.2, 0) is 0 Å². The molecule has 0 unspecified atom stereocenters. The number of aryl methyl sites for hydroxylation is 4. The standard InChI is InChI=1S/C17H16O/c1-9-5-7-11(3)15-13(9)14-10(2)6-8-12(4)16(14)17(15)18/h5-8H,1-4H3. The normalized spacial score (nSPS) is 12.6. The van der Waals surface area contributed by atoms with Crippen LogP contribution in [0, 0.1) is 27.7 Å². The van der Waals surface area contributed by atoms with Gasteiger partial charge in [-0.3, -0.25) is 4.79 Å². The molecule has 1 aliphatic carbocycles. The number of hydrogen-bond acceptors (Lipinski definition) is 1. The van der Waals surface area contributed by atoms with Crippen LogP contribution in [0.4, 0.5) is 0 Å². The van der Waals surface area contributed by atoms with E-state index in [0.29, 0.717) is 0 Å². The number of rotatable bonds is 0. The number of benzene rings is 2. The number of fused-ring (bicyclic) bond motifs is 3. The Morgan fingerprint density at radius 3 is 1.17 bits per heavy atom. The van der Waals surface area contributed by atoms with Gasteiger partial charge in [-0.2, -0.15) is 0 Å². The van der Waals surface area contributed by atoms with E-state index in [9.17, 15) is 4.79 Å². The van der Waals surface area contributed by atoms with E-state index in [2.05, 4.69) is 26.0 Å². The first kappa shape index (κ1) is 11.2. The molecule has 2 aromatic carbocycles. The minimum absolute atomic E-state index is 0.197. The molecule has 3 rings (SSSR count). The zero-order valence-corrected chi connectivity index (χ0v) is 11.2. The number of carbonyl (C=O) groups is 1. The second-order valence-corrected chi connectivity index (χ2v) is 5.23. The summed E-state index contributed by atoms with van der Waals surface area (Å²) in [5.41, 5.74) is 8.65. The van der Waals surface area contributed by atoms with E-state index >= 15 is 0 Å². The van der Waals surface area contributed by atoms with Gasteiger partial charge in [-0.25, -0.2) is 0 Å². The topological polar surface area (TPSA) is 17.1 Å². The minimum Gasteiger partial charge on any atom is -0.289 e. The first-order valence-corrected chi connectivity index (χ1v) is 6.28. The van der Waals surface area contributed by atoms with Gasteiger partial charge in [0.15, 0.2) is 5.78 Å². The maximum absolute atomic E-state index is 12.6. The molecule has 0 aromatic heterocycles. The van der Waals surface area contributed by atoms with Crippen molar-refractivity contribution in [3.8, 4) is 11.1 Å². The van der Waals surface area contributed by atoms with Gasteiger partial charge in [0.1, 0.15) is 0 Å². The summed E-state index contributed by atoms with van der Waals surface area (Å²) >= 11 is 0. The Hall–Kier alpha value is -1.89. The van der Waals surface area contributed by atoms with E-state index in [0.717, 1.165) is 33.4 Å². The summed E-state index contributed by atoms with van der Waals surface area (Å²) in [6.07, 6.45) is 0. The summed E-state index contributed by atoms with van der Waals surface area (Å²) in [5.74, 6) is 0.197. The van der Waals surface area contributed by atoms with Crippen LogP contribution in [0.2, 0.25) is 0 Å². The Labute approximate surface area is 107 Å². The highest BCUT2D eigenvalue weighted by atomic mass is 16.1. The molecule has 0 saturated heterocycles. The maximum atomic E-state index is 12.6. The molecule has 0 radical (unpaired) electrons. The van der Waals surface area contributed by atoms with Crippen molar-refractivity contribution in [3.05, 3.63) is 57.6 Å².